The van der Waals surface area contributed by atoms with Gasteiger partial charge in [0.1, 0.15) is 5.75 Å². The zero-order valence-corrected chi connectivity index (χ0v) is 13.2. The summed E-state index contributed by atoms with van der Waals surface area (Å²) in [6, 6.07) is 8.49. The van der Waals surface area contributed by atoms with E-state index in [2.05, 4.69) is 5.32 Å². The van der Waals surface area contributed by atoms with Gasteiger partial charge < -0.3 is 10.4 Å². The Kier molecular flexibility index (Phi) is 4.76. The summed E-state index contributed by atoms with van der Waals surface area (Å²) in [6.45, 7) is 3.61. The fraction of sp³-hybridized carbons (Fsp3) is 0.188. The summed E-state index contributed by atoms with van der Waals surface area (Å²) in [5, 5.41) is 13.3. The number of anilines is 1. The maximum Gasteiger partial charge on any atom is 0.228 e. The standard InChI is InChI=1S/C16H15Cl2NO2/c1-9-6-15(20)10(2)5-14(9)19-16(21)8-11-3-4-12(17)13(18)7-11/h3-7,20H,8H2,1-2H3,(H,19,21). The van der Waals surface area contributed by atoms with E-state index < -0.39 is 0 Å². The quantitative estimate of drug-likeness (QED) is 0.817. The van der Waals surface area contributed by atoms with E-state index in [9.17, 15) is 9.90 Å². The number of phenols is 1. The second-order valence-corrected chi connectivity index (χ2v) is 5.74. The maximum atomic E-state index is 12.1. The number of amides is 1. The van der Waals surface area contributed by atoms with Crippen molar-refractivity contribution in [1.82, 2.24) is 0 Å². The molecule has 2 rings (SSSR count). The Hall–Kier alpha value is -1.71. The lowest BCUT2D eigenvalue weighted by atomic mass is 10.1. The first-order valence-electron chi connectivity index (χ1n) is 6.41. The van der Waals surface area contributed by atoms with Crippen LogP contribution < -0.4 is 5.32 Å². The Morgan fingerprint density at radius 2 is 1.81 bits per heavy atom. The normalized spacial score (nSPS) is 10.5. The number of rotatable bonds is 3. The number of carbonyl (C=O) groups excluding carboxylic acids is 1. The first-order chi connectivity index (χ1) is 9.86. The molecule has 2 aromatic rings. The van der Waals surface area contributed by atoms with Gasteiger partial charge in [-0.3, -0.25) is 4.79 Å². The van der Waals surface area contributed by atoms with Crippen molar-refractivity contribution in [3.8, 4) is 5.75 Å². The molecule has 0 saturated heterocycles. The highest BCUT2D eigenvalue weighted by Crippen LogP contribution is 2.26. The molecule has 2 aromatic carbocycles. The highest BCUT2D eigenvalue weighted by molar-refractivity contribution is 6.42. The molecule has 0 aromatic heterocycles. The molecule has 0 unspecified atom stereocenters. The van der Waals surface area contributed by atoms with Crippen LogP contribution in [0.5, 0.6) is 5.75 Å². The highest BCUT2D eigenvalue weighted by atomic mass is 35.5. The Bertz CT molecular complexity index is 699. The number of halogens is 2. The molecule has 5 heteroatoms. The zero-order chi connectivity index (χ0) is 15.6. The first-order valence-corrected chi connectivity index (χ1v) is 7.16. The Morgan fingerprint density at radius 1 is 1.10 bits per heavy atom. The molecule has 0 aliphatic rings. The smallest absolute Gasteiger partial charge is 0.228 e. The second kappa shape index (κ2) is 6.37. The topological polar surface area (TPSA) is 49.3 Å². The zero-order valence-electron chi connectivity index (χ0n) is 11.7. The fourth-order valence-corrected chi connectivity index (χ4v) is 2.29. The van der Waals surface area contributed by atoms with Crippen LogP contribution >= 0.6 is 23.2 Å². The molecule has 2 N–H and O–H groups in total. The lowest BCUT2D eigenvalue weighted by Crippen LogP contribution is -2.15. The Morgan fingerprint density at radius 3 is 2.48 bits per heavy atom. The summed E-state index contributed by atoms with van der Waals surface area (Å²) in [5.74, 6) is 0.0663. The molecule has 0 bridgehead atoms. The van der Waals surface area contributed by atoms with Crippen molar-refractivity contribution in [3.63, 3.8) is 0 Å². The van der Waals surface area contributed by atoms with Gasteiger partial charge in [-0.2, -0.15) is 0 Å². The lowest BCUT2D eigenvalue weighted by molar-refractivity contribution is -0.115. The Balaban J connectivity index is 2.11. The van der Waals surface area contributed by atoms with Gasteiger partial charge in [0, 0.05) is 5.69 Å². The van der Waals surface area contributed by atoms with Gasteiger partial charge in [0.05, 0.1) is 16.5 Å². The van der Waals surface area contributed by atoms with Gasteiger partial charge in [-0.15, -0.1) is 0 Å². The molecule has 0 fully saturated rings. The van der Waals surface area contributed by atoms with Crippen LogP contribution in [0.3, 0.4) is 0 Å². The van der Waals surface area contributed by atoms with Crippen molar-refractivity contribution in [2.75, 3.05) is 5.32 Å². The van der Waals surface area contributed by atoms with E-state index in [0.717, 1.165) is 11.1 Å². The third-order valence-corrected chi connectivity index (χ3v) is 3.90. The molecule has 1 amide bonds. The summed E-state index contributed by atoms with van der Waals surface area (Å²) in [7, 11) is 0. The van der Waals surface area contributed by atoms with E-state index in [1.165, 1.54) is 0 Å². The van der Waals surface area contributed by atoms with Crippen LogP contribution in [-0.4, -0.2) is 11.0 Å². The van der Waals surface area contributed by atoms with Gasteiger partial charge in [-0.1, -0.05) is 29.3 Å². The summed E-state index contributed by atoms with van der Waals surface area (Å²) in [5.41, 5.74) is 3.00. The predicted octanol–water partition coefficient (Wildman–Crippen LogP) is 4.50. The summed E-state index contributed by atoms with van der Waals surface area (Å²) >= 11 is 11.8. The minimum absolute atomic E-state index is 0.151. The van der Waals surface area contributed by atoms with Crippen molar-refractivity contribution >= 4 is 34.8 Å². The van der Waals surface area contributed by atoms with E-state index in [0.29, 0.717) is 21.3 Å². The maximum absolute atomic E-state index is 12.1. The molecular formula is C16H15Cl2NO2. The van der Waals surface area contributed by atoms with Gasteiger partial charge in [-0.25, -0.2) is 0 Å². The van der Waals surface area contributed by atoms with E-state index in [4.69, 9.17) is 23.2 Å². The first kappa shape index (κ1) is 15.7. The van der Waals surface area contributed by atoms with E-state index in [1.807, 2.05) is 6.92 Å². The molecule has 3 nitrogen and oxygen atoms in total. The van der Waals surface area contributed by atoms with Gasteiger partial charge in [-0.05, 0) is 54.8 Å². The lowest BCUT2D eigenvalue weighted by Gasteiger charge is -2.11. The van der Waals surface area contributed by atoms with Crippen LogP contribution in [0.25, 0.3) is 0 Å². The average Bonchev–Trinajstić information content (AvgIpc) is 2.40. The summed E-state index contributed by atoms with van der Waals surface area (Å²) < 4.78 is 0. The number of hydrogen-bond acceptors (Lipinski definition) is 2. The van der Waals surface area contributed by atoms with Crippen molar-refractivity contribution in [2.24, 2.45) is 0 Å². The SMILES string of the molecule is Cc1cc(NC(=O)Cc2ccc(Cl)c(Cl)c2)c(C)cc1O. The third-order valence-electron chi connectivity index (χ3n) is 3.17. The van der Waals surface area contributed by atoms with Crippen LogP contribution in [0.1, 0.15) is 16.7 Å². The second-order valence-electron chi connectivity index (χ2n) is 4.93. The average molecular weight is 324 g/mol. The molecule has 0 radical (unpaired) electrons. The number of hydrogen-bond donors (Lipinski definition) is 2. The van der Waals surface area contributed by atoms with Crippen molar-refractivity contribution < 1.29 is 9.90 Å². The molecular weight excluding hydrogens is 309 g/mol. The number of carbonyl (C=O) groups is 1. The number of phenolic OH excluding ortho intramolecular Hbond substituents is 1. The Labute approximate surface area is 133 Å². The van der Waals surface area contributed by atoms with Crippen LogP contribution in [0.15, 0.2) is 30.3 Å². The molecule has 110 valence electrons. The number of aromatic hydroxyl groups is 1. The monoisotopic (exact) mass is 323 g/mol. The number of aryl methyl sites for hydroxylation is 2. The molecule has 0 atom stereocenters. The summed E-state index contributed by atoms with van der Waals surface area (Å²) in [6.07, 6.45) is 0.205. The number of nitrogens with one attached hydrogen (secondary N) is 1. The summed E-state index contributed by atoms with van der Waals surface area (Å²) in [4.78, 5) is 12.1. The van der Waals surface area contributed by atoms with Gasteiger partial charge in [0.15, 0.2) is 0 Å². The van der Waals surface area contributed by atoms with Crippen molar-refractivity contribution in [2.45, 2.75) is 20.3 Å². The predicted molar refractivity (Wildman–Crippen MR) is 86.4 cm³/mol. The van der Waals surface area contributed by atoms with Crippen LogP contribution in [0.2, 0.25) is 10.0 Å². The molecule has 0 aliphatic heterocycles. The third kappa shape index (κ3) is 3.90. The largest absolute Gasteiger partial charge is 0.508 e. The van der Waals surface area contributed by atoms with Gasteiger partial charge in [0.25, 0.3) is 0 Å². The van der Waals surface area contributed by atoms with Crippen molar-refractivity contribution in [3.05, 3.63) is 57.1 Å². The van der Waals surface area contributed by atoms with E-state index in [1.54, 1.807) is 37.3 Å². The van der Waals surface area contributed by atoms with Crippen LogP contribution in [-0.2, 0) is 11.2 Å². The molecule has 0 aliphatic carbocycles. The van der Waals surface area contributed by atoms with Gasteiger partial charge >= 0.3 is 0 Å². The minimum Gasteiger partial charge on any atom is -0.508 e. The minimum atomic E-state index is -0.151. The highest BCUT2D eigenvalue weighted by Gasteiger charge is 2.09. The van der Waals surface area contributed by atoms with E-state index in [-0.39, 0.29) is 18.1 Å². The van der Waals surface area contributed by atoms with Gasteiger partial charge in [0.2, 0.25) is 5.91 Å². The van der Waals surface area contributed by atoms with E-state index >= 15 is 0 Å². The number of benzene rings is 2. The van der Waals surface area contributed by atoms with Crippen LogP contribution in [0.4, 0.5) is 5.69 Å². The van der Waals surface area contributed by atoms with Crippen LogP contribution in [0, 0.1) is 13.8 Å². The molecule has 0 heterocycles. The molecule has 21 heavy (non-hydrogen) atoms. The molecule has 0 saturated carbocycles. The molecule has 0 spiro atoms. The fourth-order valence-electron chi connectivity index (χ4n) is 1.97. The van der Waals surface area contributed by atoms with Crippen molar-refractivity contribution in [1.29, 1.82) is 0 Å².